The van der Waals surface area contributed by atoms with E-state index in [1.165, 1.54) is 42.5 Å². The Labute approximate surface area is 212 Å². The predicted octanol–water partition coefficient (Wildman–Crippen LogP) is 4.68. The lowest BCUT2D eigenvalue weighted by Gasteiger charge is -2.22. The summed E-state index contributed by atoms with van der Waals surface area (Å²) in [6.45, 7) is 0. The molecule has 9 nitrogen and oxygen atoms in total. The second-order valence-corrected chi connectivity index (χ2v) is 9.23. The normalized spacial score (nSPS) is 17.1. The maximum atomic E-state index is 13.3. The van der Waals surface area contributed by atoms with E-state index in [-0.39, 0.29) is 27.6 Å². The molecule has 1 saturated heterocycles. The van der Waals surface area contributed by atoms with Gasteiger partial charge in [0.25, 0.3) is 5.78 Å². The molecule has 180 valence electrons. The fraction of sp³-hybridized carbons (Fsp3) is 0.0800. The van der Waals surface area contributed by atoms with Gasteiger partial charge in [-0.1, -0.05) is 29.0 Å². The molecule has 1 fully saturated rings. The fourth-order valence-corrected chi connectivity index (χ4v) is 5.25. The molecule has 5 rings (SSSR count). The number of aliphatic hydroxyl groups excluding tert-OH is 1. The van der Waals surface area contributed by atoms with Gasteiger partial charge in [0.2, 0.25) is 0 Å². The number of methoxy groups -OCH3 is 1. The van der Waals surface area contributed by atoms with Crippen LogP contribution < -0.4 is 9.64 Å². The molecule has 4 aromatic rings. The summed E-state index contributed by atoms with van der Waals surface area (Å²) in [5, 5.41) is 21.1. The largest absolute Gasteiger partial charge is 0.507 e. The van der Waals surface area contributed by atoms with Gasteiger partial charge in [-0.3, -0.25) is 19.5 Å². The number of aromatic carboxylic acids is 1. The molecule has 36 heavy (non-hydrogen) atoms. The van der Waals surface area contributed by atoms with E-state index in [0.29, 0.717) is 20.8 Å². The summed E-state index contributed by atoms with van der Waals surface area (Å²) in [4.78, 5) is 47.8. The van der Waals surface area contributed by atoms with Crippen molar-refractivity contribution in [1.82, 2.24) is 9.97 Å². The van der Waals surface area contributed by atoms with Crippen molar-refractivity contribution in [3.63, 3.8) is 0 Å². The highest BCUT2D eigenvalue weighted by molar-refractivity contribution is 7.22. The van der Waals surface area contributed by atoms with Gasteiger partial charge in [-0.25, -0.2) is 9.78 Å². The van der Waals surface area contributed by atoms with Gasteiger partial charge in [-0.05, 0) is 48.0 Å². The molecule has 0 spiro atoms. The Hall–Kier alpha value is -4.28. The number of benzene rings is 2. The Morgan fingerprint density at radius 3 is 2.64 bits per heavy atom. The number of hydrogen-bond acceptors (Lipinski definition) is 8. The average molecular weight is 522 g/mol. The van der Waals surface area contributed by atoms with Gasteiger partial charge in [-0.15, -0.1) is 0 Å². The van der Waals surface area contributed by atoms with Crippen LogP contribution in [0.5, 0.6) is 5.75 Å². The van der Waals surface area contributed by atoms with E-state index in [9.17, 15) is 24.6 Å². The number of thiazole rings is 1. The molecule has 1 aliphatic rings. The number of carboxylic acids is 1. The van der Waals surface area contributed by atoms with Crippen molar-refractivity contribution in [2.75, 3.05) is 12.0 Å². The van der Waals surface area contributed by atoms with Crippen LogP contribution in [-0.2, 0) is 9.59 Å². The number of ketones is 1. The molecular weight excluding hydrogens is 506 g/mol. The van der Waals surface area contributed by atoms with Crippen LogP contribution in [0.1, 0.15) is 27.5 Å². The standard InChI is InChI=1S/C25H16ClN3O6S/c1-35-17-7-5-14(26)10-15(17)21(30)19-20(13-3-2-8-27-11-13)29(23(32)22(19)31)25-28-16-6-4-12(24(33)34)9-18(16)36-25/h2-11,20,30H,1H3,(H,33,34)/b21-19+. The highest BCUT2D eigenvalue weighted by Crippen LogP contribution is 2.45. The van der Waals surface area contributed by atoms with Crippen molar-refractivity contribution in [1.29, 1.82) is 0 Å². The lowest BCUT2D eigenvalue weighted by atomic mass is 9.96. The number of aliphatic hydroxyl groups is 1. The Bertz CT molecular complexity index is 1580. The van der Waals surface area contributed by atoms with Gasteiger partial charge in [0, 0.05) is 17.4 Å². The molecule has 11 heteroatoms. The minimum Gasteiger partial charge on any atom is -0.507 e. The number of ether oxygens (including phenoxy) is 1. The third kappa shape index (κ3) is 3.86. The summed E-state index contributed by atoms with van der Waals surface area (Å²) in [7, 11) is 1.41. The maximum Gasteiger partial charge on any atom is 0.335 e. The summed E-state index contributed by atoms with van der Waals surface area (Å²) in [6, 6.07) is 11.2. The van der Waals surface area contributed by atoms with Crippen molar-refractivity contribution in [2.45, 2.75) is 6.04 Å². The number of rotatable bonds is 5. The SMILES string of the molecule is COc1ccc(Cl)cc1/C(O)=C1\C(=O)C(=O)N(c2nc3ccc(C(=O)O)cc3s2)C1c1cccnc1. The van der Waals surface area contributed by atoms with E-state index < -0.39 is 29.5 Å². The number of aromatic nitrogens is 2. The topological polar surface area (TPSA) is 130 Å². The first-order valence-corrected chi connectivity index (χ1v) is 11.7. The minimum atomic E-state index is -1.10. The highest BCUT2D eigenvalue weighted by Gasteiger charge is 2.48. The van der Waals surface area contributed by atoms with Crippen LogP contribution in [0.2, 0.25) is 5.02 Å². The van der Waals surface area contributed by atoms with Gasteiger partial charge in [0.1, 0.15) is 11.5 Å². The van der Waals surface area contributed by atoms with Gasteiger partial charge in [0.15, 0.2) is 5.13 Å². The zero-order valence-corrected chi connectivity index (χ0v) is 20.1. The van der Waals surface area contributed by atoms with Crippen LogP contribution in [0.25, 0.3) is 16.0 Å². The van der Waals surface area contributed by atoms with Crippen molar-refractivity contribution >= 4 is 61.7 Å². The molecule has 1 amide bonds. The molecule has 0 radical (unpaired) electrons. The second-order valence-electron chi connectivity index (χ2n) is 7.78. The number of pyridine rings is 1. The predicted molar refractivity (Wildman–Crippen MR) is 134 cm³/mol. The summed E-state index contributed by atoms with van der Waals surface area (Å²) in [5.74, 6) is -3.12. The minimum absolute atomic E-state index is 0.0663. The number of carbonyl (C=O) groups is 3. The molecule has 2 aromatic heterocycles. The van der Waals surface area contributed by atoms with Crippen molar-refractivity contribution in [3.8, 4) is 5.75 Å². The number of carbonyl (C=O) groups excluding carboxylic acids is 2. The quantitative estimate of drug-likeness (QED) is 0.220. The van der Waals surface area contributed by atoms with E-state index in [0.717, 1.165) is 11.3 Å². The van der Waals surface area contributed by atoms with Crippen molar-refractivity contribution < 1.29 is 29.3 Å². The van der Waals surface area contributed by atoms with E-state index >= 15 is 0 Å². The summed E-state index contributed by atoms with van der Waals surface area (Å²) >= 11 is 7.19. The maximum absolute atomic E-state index is 13.3. The molecule has 1 aliphatic heterocycles. The Morgan fingerprint density at radius 2 is 1.94 bits per heavy atom. The van der Waals surface area contributed by atoms with Crippen LogP contribution >= 0.6 is 22.9 Å². The van der Waals surface area contributed by atoms with Crippen LogP contribution in [0.4, 0.5) is 5.13 Å². The number of fused-ring (bicyclic) bond motifs is 1. The van der Waals surface area contributed by atoms with E-state index in [1.807, 2.05) is 0 Å². The van der Waals surface area contributed by atoms with Gasteiger partial charge in [-0.2, -0.15) is 0 Å². The van der Waals surface area contributed by atoms with E-state index in [4.69, 9.17) is 16.3 Å². The number of halogens is 1. The lowest BCUT2D eigenvalue weighted by molar-refractivity contribution is -0.132. The molecule has 0 aliphatic carbocycles. The molecule has 2 aromatic carbocycles. The zero-order valence-electron chi connectivity index (χ0n) is 18.5. The fourth-order valence-electron chi connectivity index (χ4n) is 4.04. The molecule has 1 atom stereocenters. The monoisotopic (exact) mass is 521 g/mol. The number of hydrogen-bond donors (Lipinski definition) is 2. The van der Waals surface area contributed by atoms with Crippen molar-refractivity contribution in [2.24, 2.45) is 0 Å². The molecule has 3 heterocycles. The van der Waals surface area contributed by atoms with Crippen molar-refractivity contribution in [3.05, 3.63) is 88.2 Å². The smallest absolute Gasteiger partial charge is 0.335 e. The number of carboxylic acid groups (broad SMARTS) is 1. The molecule has 2 N–H and O–H groups in total. The van der Waals surface area contributed by atoms with E-state index in [2.05, 4.69) is 9.97 Å². The first-order chi connectivity index (χ1) is 17.3. The summed E-state index contributed by atoms with van der Waals surface area (Å²) in [5.41, 5.74) is 0.955. The third-order valence-corrected chi connectivity index (χ3v) is 6.94. The highest BCUT2D eigenvalue weighted by atomic mass is 35.5. The molecule has 0 saturated carbocycles. The Kier molecular flexibility index (Phi) is 5.91. The number of Topliss-reactive ketones (excluding diaryl/α,β-unsaturated/α-hetero) is 1. The van der Waals surface area contributed by atoms with Gasteiger partial charge >= 0.3 is 11.9 Å². The molecule has 1 unspecified atom stereocenters. The first kappa shape index (κ1) is 23.5. The van der Waals surface area contributed by atoms with Crippen LogP contribution in [0.15, 0.2) is 66.5 Å². The van der Waals surface area contributed by atoms with Crippen LogP contribution in [0, 0.1) is 0 Å². The molecular formula is C25H16ClN3O6S. The lowest BCUT2D eigenvalue weighted by Crippen LogP contribution is -2.29. The van der Waals surface area contributed by atoms with Crippen LogP contribution in [-0.4, -0.2) is 45.0 Å². The second kappa shape index (κ2) is 9.06. The Morgan fingerprint density at radius 1 is 1.14 bits per heavy atom. The average Bonchev–Trinajstić information content (AvgIpc) is 3.41. The Balaban J connectivity index is 1.73. The van der Waals surface area contributed by atoms with Gasteiger partial charge in [0.05, 0.1) is 40.1 Å². The van der Waals surface area contributed by atoms with Gasteiger partial charge < -0.3 is 14.9 Å². The number of anilines is 1. The number of amides is 1. The van der Waals surface area contributed by atoms with E-state index in [1.54, 1.807) is 30.5 Å². The summed E-state index contributed by atoms with van der Waals surface area (Å²) in [6.07, 6.45) is 3.03. The van der Waals surface area contributed by atoms with Crippen LogP contribution in [0.3, 0.4) is 0 Å². The first-order valence-electron chi connectivity index (χ1n) is 10.5. The number of nitrogens with zero attached hydrogens (tertiary/aromatic N) is 3. The molecule has 0 bridgehead atoms. The third-order valence-electron chi connectivity index (χ3n) is 5.69. The summed E-state index contributed by atoms with van der Waals surface area (Å²) < 4.78 is 5.85. The zero-order chi connectivity index (χ0) is 25.6.